The van der Waals surface area contributed by atoms with Gasteiger partial charge in [-0.2, -0.15) is 5.26 Å². The fourth-order valence-corrected chi connectivity index (χ4v) is 1.75. The SMILES string of the molecule is COc1cc(C#N)cc(OCc2nc(N)ccc2Cl)c1. The normalized spacial score (nSPS) is 9.85. The molecule has 102 valence electrons. The molecule has 0 aliphatic heterocycles. The number of anilines is 1. The van der Waals surface area contributed by atoms with E-state index in [0.717, 1.165) is 0 Å². The van der Waals surface area contributed by atoms with Crippen molar-refractivity contribution in [1.29, 1.82) is 5.26 Å². The van der Waals surface area contributed by atoms with Crippen molar-refractivity contribution in [2.75, 3.05) is 12.8 Å². The van der Waals surface area contributed by atoms with Gasteiger partial charge in [0.05, 0.1) is 29.5 Å². The first-order chi connectivity index (χ1) is 9.62. The second-order valence-electron chi connectivity index (χ2n) is 3.96. The predicted octanol–water partition coefficient (Wildman–Crippen LogP) is 2.78. The van der Waals surface area contributed by atoms with Gasteiger partial charge in [0, 0.05) is 6.07 Å². The van der Waals surface area contributed by atoms with Gasteiger partial charge in [0.2, 0.25) is 0 Å². The van der Waals surface area contributed by atoms with Gasteiger partial charge in [0.15, 0.2) is 0 Å². The molecule has 0 bridgehead atoms. The molecule has 1 aromatic carbocycles. The van der Waals surface area contributed by atoms with Gasteiger partial charge in [-0.1, -0.05) is 11.6 Å². The van der Waals surface area contributed by atoms with Crippen molar-refractivity contribution in [1.82, 2.24) is 4.98 Å². The van der Waals surface area contributed by atoms with Gasteiger partial charge in [-0.05, 0) is 24.3 Å². The van der Waals surface area contributed by atoms with Gasteiger partial charge in [-0.25, -0.2) is 4.98 Å². The number of halogens is 1. The molecule has 0 saturated carbocycles. The Kier molecular flexibility index (Phi) is 4.28. The minimum Gasteiger partial charge on any atom is -0.497 e. The standard InChI is InChI=1S/C14H12ClN3O2/c1-19-10-4-9(7-16)5-11(6-10)20-8-13-12(15)2-3-14(17)18-13/h2-6H,8H2,1H3,(H2,17,18). The zero-order valence-corrected chi connectivity index (χ0v) is 11.5. The van der Waals surface area contributed by atoms with Crippen molar-refractivity contribution in [2.45, 2.75) is 6.61 Å². The van der Waals surface area contributed by atoms with Gasteiger partial charge in [0.25, 0.3) is 0 Å². The van der Waals surface area contributed by atoms with E-state index in [2.05, 4.69) is 4.98 Å². The number of hydrogen-bond acceptors (Lipinski definition) is 5. The molecule has 0 aliphatic rings. The van der Waals surface area contributed by atoms with Crippen LogP contribution in [0.1, 0.15) is 11.3 Å². The van der Waals surface area contributed by atoms with Crippen LogP contribution in [-0.4, -0.2) is 12.1 Å². The maximum atomic E-state index is 8.94. The maximum Gasteiger partial charge on any atom is 0.132 e. The van der Waals surface area contributed by atoms with Crippen LogP contribution in [-0.2, 0) is 6.61 Å². The van der Waals surface area contributed by atoms with E-state index in [1.54, 1.807) is 30.3 Å². The van der Waals surface area contributed by atoms with Crippen LogP contribution in [0.15, 0.2) is 30.3 Å². The van der Waals surface area contributed by atoms with Crippen molar-refractivity contribution in [2.24, 2.45) is 0 Å². The van der Waals surface area contributed by atoms with E-state index in [-0.39, 0.29) is 6.61 Å². The second kappa shape index (κ2) is 6.13. The van der Waals surface area contributed by atoms with Gasteiger partial charge >= 0.3 is 0 Å². The van der Waals surface area contributed by atoms with Crippen LogP contribution in [0.2, 0.25) is 5.02 Å². The summed E-state index contributed by atoms with van der Waals surface area (Å²) in [4.78, 5) is 4.10. The van der Waals surface area contributed by atoms with E-state index >= 15 is 0 Å². The fourth-order valence-electron chi connectivity index (χ4n) is 1.59. The predicted molar refractivity (Wildman–Crippen MR) is 75.7 cm³/mol. The molecule has 6 heteroatoms. The molecule has 1 heterocycles. The number of benzene rings is 1. The van der Waals surface area contributed by atoms with Crippen molar-refractivity contribution in [3.63, 3.8) is 0 Å². The van der Waals surface area contributed by atoms with Gasteiger partial charge in [-0.15, -0.1) is 0 Å². The van der Waals surface area contributed by atoms with Crippen molar-refractivity contribution < 1.29 is 9.47 Å². The molecule has 2 rings (SSSR count). The van der Waals surface area contributed by atoms with Gasteiger partial charge in [0.1, 0.15) is 23.9 Å². The van der Waals surface area contributed by atoms with E-state index in [9.17, 15) is 0 Å². The first kappa shape index (κ1) is 14.0. The molecule has 0 amide bonds. The van der Waals surface area contributed by atoms with Gasteiger partial charge in [-0.3, -0.25) is 0 Å². The Morgan fingerprint density at radius 1 is 1.30 bits per heavy atom. The maximum absolute atomic E-state index is 8.94. The number of pyridine rings is 1. The first-order valence-corrected chi connectivity index (χ1v) is 6.13. The summed E-state index contributed by atoms with van der Waals surface area (Å²) in [6.07, 6.45) is 0. The molecule has 2 aromatic rings. The molecule has 20 heavy (non-hydrogen) atoms. The molecule has 0 aliphatic carbocycles. The van der Waals surface area contributed by atoms with E-state index in [1.807, 2.05) is 6.07 Å². The number of aromatic nitrogens is 1. The van der Waals surface area contributed by atoms with Crippen LogP contribution in [0.25, 0.3) is 0 Å². The Bertz CT molecular complexity index is 668. The van der Waals surface area contributed by atoms with Crippen LogP contribution >= 0.6 is 11.6 Å². The first-order valence-electron chi connectivity index (χ1n) is 5.75. The Hall–Kier alpha value is -2.45. The van der Waals surface area contributed by atoms with Crippen LogP contribution in [0.4, 0.5) is 5.82 Å². The lowest BCUT2D eigenvalue weighted by Crippen LogP contribution is -2.02. The van der Waals surface area contributed by atoms with E-state index in [4.69, 9.17) is 32.1 Å². The molecule has 5 nitrogen and oxygen atoms in total. The number of nitrogens with two attached hydrogens (primary N) is 1. The van der Waals surface area contributed by atoms with E-state index < -0.39 is 0 Å². The molecule has 0 atom stereocenters. The van der Waals surface area contributed by atoms with E-state index in [0.29, 0.717) is 33.6 Å². The highest BCUT2D eigenvalue weighted by molar-refractivity contribution is 6.31. The number of ether oxygens (including phenoxy) is 2. The Morgan fingerprint density at radius 3 is 2.75 bits per heavy atom. The van der Waals surface area contributed by atoms with E-state index in [1.165, 1.54) is 7.11 Å². The summed E-state index contributed by atoms with van der Waals surface area (Å²) in [5, 5.41) is 9.41. The third-order valence-electron chi connectivity index (χ3n) is 2.56. The number of nitriles is 1. The lowest BCUT2D eigenvalue weighted by Gasteiger charge is -2.09. The highest BCUT2D eigenvalue weighted by atomic mass is 35.5. The number of nitrogen functional groups attached to an aromatic ring is 1. The summed E-state index contributed by atoms with van der Waals surface area (Å²) in [6, 6.07) is 10.2. The molecule has 0 spiro atoms. The molecule has 0 fully saturated rings. The zero-order valence-electron chi connectivity index (χ0n) is 10.8. The third kappa shape index (κ3) is 3.31. The quantitative estimate of drug-likeness (QED) is 0.936. The minimum absolute atomic E-state index is 0.155. The fraction of sp³-hybridized carbons (Fsp3) is 0.143. The molecular formula is C14H12ClN3O2. The largest absolute Gasteiger partial charge is 0.497 e. The minimum atomic E-state index is 0.155. The summed E-state index contributed by atoms with van der Waals surface area (Å²) in [5.41, 5.74) is 6.58. The van der Waals surface area contributed by atoms with Crippen molar-refractivity contribution >= 4 is 17.4 Å². The zero-order chi connectivity index (χ0) is 14.5. The average molecular weight is 290 g/mol. The Balaban J connectivity index is 2.18. The number of nitrogens with zero attached hydrogens (tertiary/aromatic N) is 2. The summed E-state index contributed by atoms with van der Waals surface area (Å²) in [5.74, 6) is 1.42. The lowest BCUT2D eigenvalue weighted by atomic mass is 10.2. The molecule has 1 aromatic heterocycles. The Labute approximate surface area is 121 Å². The van der Waals surface area contributed by atoms with Crippen LogP contribution < -0.4 is 15.2 Å². The number of rotatable bonds is 4. The average Bonchev–Trinajstić information content (AvgIpc) is 2.47. The van der Waals surface area contributed by atoms with Crippen LogP contribution in [0.5, 0.6) is 11.5 Å². The third-order valence-corrected chi connectivity index (χ3v) is 2.90. The highest BCUT2D eigenvalue weighted by Gasteiger charge is 2.06. The van der Waals surface area contributed by atoms with Crippen LogP contribution in [0.3, 0.4) is 0 Å². The lowest BCUT2D eigenvalue weighted by molar-refractivity contribution is 0.299. The van der Waals surface area contributed by atoms with Crippen molar-refractivity contribution in [3.05, 3.63) is 46.6 Å². The Morgan fingerprint density at radius 2 is 2.05 bits per heavy atom. The summed E-state index contributed by atoms with van der Waals surface area (Å²) in [7, 11) is 1.52. The van der Waals surface area contributed by atoms with Crippen molar-refractivity contribution in [3.8, 4) is 17.6 Å². The summed E-state index contributed by atoms with van der Waals surface area (Å²) in [6.45, 7) is 0.155. The molecule has 0 saturated heterocycles. The monoisotopic (exact) mass is 289 g/mol. The molecule has 0 radical (unpaired) electrons. The number of methoxy groups -OCH3 is 1. The van der Waals surface area contributed by atoms with Crippen LogP contribution in [0, 0.1) is 11.3 Å². The summed E-state index contributed by atoms with van der Waals surface area (Å²) < 4.78 is 10.7. The van der Waals surface area contributed by atoms with Gasteiger partial charge < -0.3 is 15.2 Å². The topological polar surface area (TPSA) is 81.2 Å². The number of hydrogen-bond donors (Lipinski definition) is 1. The summed E-state index contributed by atoms with van der Waals surface area (Å²) >= 11 is 6.00. The highest BCUT2D eigenvalue weighted by Crippen LogP contribution is 2.24. The molecule has 2 N–H and O–H groups in total. The molecular weight excluding hydrogens is 278 g/mol. The smallest absolute Gasteiger partial charge is 0.132 e. The second-order valence-corrected chi connectivity index (χ2v) is 4.37. The molecule has 0 unspecified atom stereocenters.